The molecule has 21 heavy (non-hydrogen) atoms. The van der Waals surface area contributed by atoms with Gasteiger partial charge in [0, 0.05) is 18.5 Å². The van der Waals surface area contributed by atoms with Crippen molar-refractivity contribution in [3.63, 3.8) is 0 Å². The number of benzene rings is 1. The first kappa shape index (κ1) is 14.8. The molecule has 1 aromatic heterocycles. The highest BCUT2D eigenvalue weighted by Crippen LogP contribution is 2.07. The molecular formula is C15H17N5O. The van der Waals surface area contributed by atoms with E-state index >= 15 is 0 Å². The smallest absolute Gasteiger partial charge is 0.252 e. The minimum atomic E-state index is -0.130. The number of carbonyl (C=O) groups excluding carboxylic acids is 1. The molecule has 2 aromatic rings. The van der Waals surface area contributed by atoms with Crippen LogP contribution >= 0.6 is 0 Å². The summed E-state index contributed by atoms with van der Waals surface area (Å²) in [4.78, 5) is 16.2. The summed E-state index contributed by atoms with van der Waals surface area (Å²) in [6.07, 6.45) is 3.01. The second-order valence-corrected chi connectivity index (χ2v) is 4.34. The van der Waals surface area contributed by atoms with E-state index in [9.17, 15) is 4.79 Å². The Labute approximate surface area is 123 Å². The van der Waals surface area contributed by atoms with E-state index in [1.165, 1.54) is 6.33 Å². The van der Waals surface area contributed by atoms with Crippen molar-refractivity contribution in [2.45, 2.75) is 12.8 Å². The molecule has 1 aromatic carbocycles. The molecule has 2 rings (SSSR count). The number of carbonyl (C=O) groups is 1. The zero-order valence-corrected chi connectivity index (χ0v) is 11.6. The quantitative estimate of drug-likeness (QED) is 0.549. The molecule has 0 fully saturated rings. The van der Waals surface area contributed by atoms with Crippen LogP contribution < -0.4 is 11.1 Å². The van der Waals surface area contributed by atoms with E-state index in [1.54, 1.807) is 6.07 Å². The fourth-order valence-corrected chi connectivity index (χ4v) is 1.84. The Balaban J connectivity index is 1.88. The molecule has 0 saturated heterocycles. The number of H-pyrrole nitrogens is 1. The zero-order valence-electron chi connectivity index (χ0n) is 11.6. The molecule has 0 saturated carbocycles. The second kappa shape index (κ2) is 7.82. The molecule has 6 nitrogen and oxygen atoms in total. The molecule has 0 aliphatic rings. The van der Waals surface area contributed by atoms with Crippen molar-refractivity contribution in [2.24, 2.45) is 5.73 Å². The van der Waals surface area contributed by atoms with Gasteiger partial charge in [-0.3, -0.25) is 9.89 Å². The molecular weight excluding hydrogens is 266 g/mol. The highest BCUT2D eigenvalue weighted by atomic mass is 16.1. The highest BCUT2D eigenvalue weighted by Gasteiger charge is 2.08. The lowest BCUT2D eigenvalue weighted by molar-refractivity contribution is 0.0953. The van der Waals surface area contributed by atoms with E-state index in [1.807, 2.05) is 18.2 Å². The van der Waals surface area contributed by atoms with Crippen LogP contribution in [0.3, 0.4) is 0 Å². The average molecular weight is 283 g/mol. The van der Waals surface area contributed by atoms with Crippen LogP contribution in [0.2, 0.25) is 0 Å². The summed E-state index contributed by atoms with van der Waals surface area (Å²) in [5.41, 5.74) is 6.62. The monoisotopic (exact) mass is 283 g/mol. The van der Waals surface area contributed by atoms with Crippen molar-refractivity contribution in [3.8, 4) is 11.8 Å². The van der Waals surface area contributed by atoms with Crippen molar-refractivity contribution in [1.29, 1.82) is 0 Å². The van der Waals surface area contributed by atoms with Gasteiger partial charge in [0.2, 0.25) is 0 Å². The molecule has 0 unspecified atom stereocenters. The first-order valence-electron chi connectivity index (χ1n) is 6.71. The Morgan fingerprint density at radius 3 is 3.00 bits per heavy atom. The third kappa shape index (κ3) is 4.44. The molecule has 0 atom stereocenters. The molecule has 0 aliphatic heterocycles. The maximum atomic E-state index is 12.1. The van der Waals surface area contributed by atoms with Crippen molar-refractivity contribution in [3.05, 3.63) is 47.5 Å². The fraction of sp³-hybridized carbons (Fsp3) is 0.267. The Morgan fingerprint density at radius 1 is 1.38 bits per heavy atom. The number of aryl methyl sites for hydroxylation is 1. The summed E-state index contributed by atoms with van der Waals surface area (Å²) in [7, 11) is 0. The van der Waals surface area contributed by atoms with Gasteiger partial charge in [-0.2, -0.15) is 5.10 Å². The molecule has 4 N–H and O–H groups in total. The van der Waals surface area contributed by atoms with Crippen LogP contribution in [0.5, 0.6) is 0 Å². The van der Waals surface area contributed by atoms with E-state index < -0.39 is 0 Å². The fourth-order valence-electron chi connectivity index (χ4n) is 1.84. The zero-order chi connectivity index (χ0) is 14.9. The maximum Gasteiger partial charge on any atom is 0.252 e. The van der Waals surface area contributed by atoms with Crippen molar-refractivity contribution < 1.29 is 4.79 Å². The van der Waals surface area contributed by atoms with Gasteiger partial charge in [-0.1, -0.05) is 24.0 Å². The lowest BCUT2D eigenvalue weighted by atomic mass is 10.1. The van der Waals surface area contributed by atoms with Crippen LogP contribution in [0.1, 0.15) is 28.2 Å². The Kier molecular flexibility index (Phi) is 5.50. The molecule has 1 heterocycles. The first-order chi connectivity index (χ1) is 10.3. The normalized spacial score (nSPS) is 9.76. The summed E-state index contributed by atoms with van der Waals surface area (Å²) in [6, 6.07) is 7.23. The SMILES string of the molecule is NCC#Cc1ccccc1C(=O)NCCCc1ncn[nH]1. The molecule has 6 heteroatoms. The van der Waals surface area contributed by atoms with Crippen molar-refractivity contribution >= 4 is 5.91 Å². The number of nitrogens with two attached hydrogens (primary N) is 1. The topological polar surface area (TPSA) is 96.7 Å². The van der Waals surface area contributed by atoms with Crippen LogP contribution in [-0.2, 0) is 6.42 Å². The van der Waals surface area contributed by atoms with E-state index in [-0.39, 0.29) is 12.5 Å². The minimum Gasteiger partial charge on any atom is -0.352 e. The number of aromatic nitrogens is 3. The third-order valence-electron chi connectivity index (χ3n) is 2.84. The van der Waals surface area contributed by atoms with E-state index in [4.69, 9.17) is 5.73 Å². The second-order valence-electron chi connectivity index (χ2n) is 4.34. The summed E-state index contributed by atoms with van der Waals surface area (Å²) >= 11 is 0. The molecule has 0 radical (unpaired) electrons. The van der Waals surface area contributed by atoms with Gasteiger partial charge in [-0.15, -0.1) is 0 Å². The summed E-state index contributed by atoms with van der Waals surface area (Å²) in [6.45, 7) is 0.839. The summed E-state index contributed by atoms with van der Waals surface area (Å²) < 4.78 is 0. The Hall–Kier alpha value is -2.65. The molecule has 0 aliphatic carbocycles. The highest BCUT2D eigenvalue weighted by molar-refractivity contribution is 5.96. The predicted octanol–water partition coefficient (Wildman–Crippen LogP) is 0.477. The van der Waals surface area contributed by atoms with Gasteiger partial charge in [0.1, 0.15) is 12.2 Å². The minimum absolute atomic E-state index is 0.130. The number of nitrogens with one attached hydrogen (secondary N) is 2. The van der Waals surface area contributed by atoms with Gasteiger partial charge in [0.05, 0.1) is 12.1 Å². The van der Waals surface area contributed by atoms with Crippen LogP contribution in [0.15, 0.2) is 30.6 Å². The first-order valence-corrected chi connectivity index (χ1v) is 6.71. The standard InChI is InChI=1S/C15H17N5O/c16-9-3-6-12-5-1-2-7-13(12)15(21)17-10-4-8-14-18-11-19-20-14/h1-2,5,7,11H,4,8-10,16H2,(H,17,21)(H,18,19,20). The van der Waals surface area contributed by atoms with Crippen LogP contribution in [0, 0.1) is 11.8 Å². The summed E-state index contributed by atoms with van der Waals surface area (Å²) in [5.74, 6) is 6.36. The van der Waals surface area contributed by atoms with Crippen molar-refractivity contribution in [2.75, 3.05) is 13.1 Å². The van der Waals surface area contributed by atoms with Crippen molar-refractivity contribution in [1.82, 2.24) is 20.5 Å². The van der Waals surface area contributed by atoms with Crippen LogP contribution in [0.25, 0.3) is 0 Å². The Morgan fingerprint density at radius 2 is 2.24 bits per heavy atom. The molecule has 0 bridgehead atoms. The molecule has 0 spiro atoms. The predicted molar refractivity (Wildman–Crippen MR) is 79.4 cm³/mol. The summed E-state index contributed by atoms with van der Waals surface area (Å²) in [5, 5.41) is 9.44. The number of rotatable bonds is 5. The van der Waals surface area contributed by atoms with E-state index in [2.05, 4.69) is 32.3 Å². The third-order valence-corrected chi connectivity index (χ3v) is 2.84. The number of aromatic amines is 1. The number of hydrogen-bond donors (Lipinski definition) is 3. The van der Waals surface area contributed by atoms with Gasteiger partial charge in [0.15, 0.2) is 0 Å². The van der Waals surface area contributed by atoms with Crippen LogP contribution in [-0.4, -0.2) is 34.2 Å². The van der Waals surface area contributed by atoms with Gasteiger partial charge in [-0.25, -0.2) is 4.98 Å². The van der Waals surface area contributed by atoms with Crippen LogP contribution in [0.4, 0.5) is 0 Å². The number of hydrogen-bond acceptors (Lipinski definition) is 4. The average Bonchev–Trinajstić information content (AvgIpc) is 3.03. The number of amides is 1. The van der Waals surface area contributed by atoms with Gasteiger partial charge >= 0.3 is 0 Å². The van der Waals surface area contributed by atoms with E-state index in [0.29, 0.717) is 17.7 Å². The van der Waals surface area contributed by atoms with E-state index in [0.717, 1.165) is 18.7 Å². The largest absolute Gasteiger partial charge is 0.352 e. The number of nitrogens with zero attached hydrogens (tertiary/aromatic N) is 2. The van der Waals surface area contributed by atoms with Gasteiger partial charge < -0.3 is 11.1 Å². The molecule has 108 valence electrons. The lowest BCUT2D eigenvalue weighted by Crippen LogP contribution is -2.25. The van der Waals surface area contributed by atoms with Gasteiger partial charge in [0.25, 0.3) is 5.91 Å². The lowest BCUT2D eigenvalue weighted by Gasteiger charge is -2.06. The van der Waals surface area contributed by atoms with Gasteiger partial charge in [-0.05, 0) is 18.6 Å². The Bertz CT molecular complexity index is 640. The molecule has 1 amide bonds. The maximum absolute atomic E-state index is 12.1.